The first-order valence-electron chi connectivity index (χ1n) is 8.95. The van der Waals surface area contributed by atoms with Crippen molar-refractivity contribution in [2.45, 2.75) is 20.3 Å². The summed E-state index contributed by atoms with van der Waals surface area (Å²) in [6, 6.07) is 14.7. The lowest BCUT2D eigenvalue weighted by molar-refractivity contribution is -0.139. The number of hydrogen-bond acceptors (Lipinski definition) is 4. The van der Waals surface area contributed by atoms with Crippen LogP contribution in [-0.2, 0) is 9.59 Å². The molecule has 136 valence electrons. The van der Waals surface area contributed by atoms with E-state index >= 15 is 0 Å². The Labute approximate surface area is 158 Å². The predicted octanol–water partition coefficient (Wildman–Crippen LogP) is 4.32. The number of fused-ring (bicyclic) bond motifs is 1. The molecule has 0 spiro atoms. The molecule has 0 saturated heterocycles. The van der Waals surface area contributed by atoms with Gasteiger partial charge >= 0.3 is 11.9 Å². The molecular weight excluding hydrogens is 340 g/mol. The van der Waals surface area contributed by atoms with Crippen LogP contribution in [0.5, 0.6) is 11.5 Å². The molecule has 1 saturated carbocycles. The van der Waals surface area contributed by atoms with Gasteiger partial charge in [0.1, 0.15) is 11.5 Å². The SMILES string of the molecule is Cc1ccc(OC(=O)C2=CC3CC3(C(=O)Oc3ccc(C)cc3)C=C2)cc1. The maximum Gasteiger partial charge on any atom is 0.343 e. The Morgan fingerprint density at radius 1 is 0.889 bits per heavy atom. The number of allylic oxidation sites excluding steroid dienone is 1. The molecule has 4 nitrogen and oxygen atoms in total. The van der Waals surface area contributed by atoms with Crippen molar-refractivity contribution in [3.05, 3.63) is 83.5 Å². The Kier molecular flexibility index (Phi) is 4.19. The molecule has 0 radical (unpaired) electrons. The molecule has 0 bridgehead atoms. The van der Waals surface area contributed by atoms with Crippen molar-refractivity contribution in [3.63, 3.8) is 0 Å². The minimum absolute atomic E-state index is 0.0268. The molecule has 27 heavy (non-hydrogen) atoms. The molecule has 1 fully saturated rings. The number of ether oxygens (including phenoxy) is 2. The molecule has 0 amide bonds. The average Bonchev–Trinajstić information content (AvgIpc) is 3.40. The molecule has 4 heteroatoms. The number of benzene rings is 2. The van der Waals surface area contributed by atoms with E-state index in [9.17, 15) is 9.59 Å². The van der Waals surface area contributed by atoms with Crippen LogP contribution < -0.4 is 9.47 Å². The van der Waals surface area contributed by atoms with Crippen LogP contribution in [0, 0.1) is 25.2 Å². The highest BCUT2D eigenvalue weighted by atomic mass is 16.5. The molecule has 4 rings (SSSR count). The standard InChI is InChI=1S/C23H20O4/c1-15-3-7-19(8-4-15)26-21(24)17-11-12-23(14-18(23)13-17)22(25)27-20-9-5-16(2)6-10-20/h3-13,18H,14H2,1-2H3. The Morgan fingerprint density at radius 3 is 2.00 bits per heavy atom. The second kappa shape index (κ2) is 6.54. The fourth-order valence-electron chi connectivity index (χ4n) is 3.23. The minimum Gasteiger partial charge on any atom is -0.426 e. The van der Waals surface area contributed by atoms with E-state index in [1.165, 1.54) is 0 Å². The Morgan fingerprint density at radius 2 is 1.44 bits per heavy atom. The number of esters is 2. The van der Waals surface area contributed by atoms with Gasteiger partial charge in [-0.05, 0) is 50.5 Å². The van der Waals surface area contributed by atoms with Crippen molar-refractivity contribution in [2.24, 2.45) is 11.3 Å². The second-order valence-corrected chi connectivity index (χ2v) is 7.21. The summed E-state index contributed by atoms with van der Waals surface area (Å²) >= 11 is 0. The normalized spacial score (nSPS) is 22.4. The number of rotatable bonds is 4. The van der Waals surface area contributed by atoms with Gasteiger partial charge in [0.25, 0.3) is 0 Å². The van der Waals surface area contributed by atoms with Crippen LogP contribution in [0.15, 0.2) is 72.3 Å². The van der Waals surface area contributed by atoms with Gasteiger partial charge in [-0.2, -0.15) is 0 Å². The Balaban J connectivity index is 1.41. The lowest BCUT2D eigenvalue weighted by atomic mass is 9.96. The molecule has 2 atom stereocenters. The zero-order valence-corrected chi connectivity index (χ0v) is 15.3. The zero-order valence-electron chi connectivity index (χ0n) is 15.3. The molecule has 2 aliphatic rings. The number of carbonyl (C=O) groups excluding carboxylic acids is 2. The van der Waals surface area contributed by atoms with Crippen LogP contribution in [0.4, 0.5) is 0 Å². The van der Waals surface area contributed by atoms with E-state index in [-0.39, 0.29) is 11.9 Å². The number of aryl methyl sites for hydroxylation is 2. The summed E-state index contributed by atoms with van der Waals surface area (Å²) in [5, 5.41) is 0. The van der Waals surface area contributed by atoms with E-state index in [0.29, 0.717) is 23.5 Å². The number of hydrogen-bond donors (Lipinski definition) is 0. The van der Waals surface area contributed by atoms with Gasteiger partial charge in [0.2, 0.25) is 0 Å². The van der Waals surface area contributed by atoms with Crippen molar-refractivity contribution >= 4 is 11.9 Å². The highest BCUT2D eigenvalue weighted by molar-refractivity contribution is 5.96. The smallest absolute Gasteiger partial charge is 0.343 e. The molecule has 0 aromatic heterocycles. The quantitative estimate of drug-likeness (QED) is 0.602. The first-order chi connectivity index (χ1) is 13.0. The molecule has 0 heterocycles. The second-order valence-electron chi connectivity index (χ2n) is 7.21. The zero-order chi connectivity index (χ0) is 19.0. The topological polar surface area (TPSA) is 52.6 Å². The van der Waals surface area contributed by atoms with Crippen molar-refractivity contribution in [3.8, 4) is 11.5 Å². The lowest BCUT2D eigenvalue weighted by Crippen LogP contribution is -2.24. The third kappa shape index (κ3) is 3.43. The third-order valence-electron chi connectivity index (χ3n) is 5.08. The van der Waals surface area contributed by atoms with Gasteiger partial charge in [0.05, 0.1) is 11.0 Å². The van der Waals surface area contributed by atoms with Crippen LogP contribution in [0.2, 0.25) is 0 Å². The van der Waals surface area contributed by atoms with Crippen LogP contribution in [-0.4, -0.2) is 11.9 Å². The Hall–Kier alpha value is -3.14. The van der Waals surface area contributed by atoms with Gasteiger partial charge in [-0.15, -0.1) is 0 Å². The maximum absolute atomic E-state index is 12.6. The van der Waals surface area contributed by atoms with Crippen molar-refractivity contribution < 1.29 is 19.1 Å². The third-order valence-corrected chi connectivity index (χ3v) is 5.08. The average molecular weight is 360 g/mol. The summed E-state index contributed by atoms with van der Waals surface area (Å²) in [4.78, 5) is 25.0. The fourth-order valence-corrected chi connectivity index (χ4v) is 3.23. The van der Waals surface area contributed by atoms with Crippen molar-refractivity contribution in [1.29, 1.82) is 0 Å². The summed E-state index contributed by atoms with van der Waals surface area (Å²) in [6.07, 6.45) is 5.90. The summed E-state index contributed by atoms with van der Waals surface area (Å²) < 4.78 is 10.9. The highest BCUT2D eigenvalue weighted by Crippen LogP contribution is 2.58. The minimum atomic E-state index is -0.654. The molecule has 2 unspecified atom stereocenters. The van der Waals surface area contributed by atoms with E-state index in [2.05, 4.69) is 0 Å². The van der Waals surface area contributed by atoms with Gasteiger partial charge in [0.15, 0.2) is 0 Å². The van der Waals surface area contributed by atoms with Crippen LogP contribution in [0.25, 0.3) is 0 Å². The molecule has 2 aromatic carbocycles. The van der Waals surface area contributed by atoms with E-state index in [0.717, 1.165) is 11.1 Å². The largest absolute Gasteiger partial charge is 0.426 e. The number of carbonyl (C=O) groups is 2. The van der Waals surface area contributed by atoms with Crippen molar-refractivity contribution in [1.82, 2.24) is 0 Å². The molecule has 0 aliphatic heterocycles. The lowest BCUT2D eigenvalue weighted by Gasteiger charge is -2.15. The molecular formula is C23H20O4. The summed E-state index contributed by atoms with van der Waals surface area (Å²) in [7, 11) is 0. The van der Waals surface area contributed by atoms with Gasteiger partial charge in [-0.1, -0.05) is 53.6 Å². The highest BCUT2D eigenvalue weighted by Gasteiger charge is 2.60. The van der Waals surface area contributed by atoms with Crippen LogP contribution >= 0.6 is 0 Å². The predicted molar refractivity (Wildman–Crippen MR) is 101 cm³/mol. The van der Waals surface area contributed by atoms with Crippen LogP contribution in [0.1, 0.15) is 17.5 Å². The van der Waals surface area contributed by atoms with E-state index < -0.39 is 11.4 Å². The van der Waals surface area contributed by atoms with Crippen LogP contribution in [0.3, 0.4) is 0 Å². The first-order valence-corrected chi connectivity index (χ1v) is 8.95. The van der Waals surface area contributed by atoms with Crippen molar-refractivity contribution in [2.75, 3.05) is 0 Å². The molecule has 0 N–H and O–H groups in total. The van der Waals surface area contributed by atoms with Gasteiger partial charge in [-0.25, -0.2) is 4.79 Å². The van der Waals surface area contributed by atoms with Gasteiger partial charge in [-0.3, -0.25) is 4.79 Å². The maximum atomic E-state index is 12.6. The van der Waals surface area contributed by atoms with Gasteiger partial charge < -0.3 is 9.47 Å². The fraction of sp³-hybridized carbons (Fsp3) is 0.217. The van der Waals surface area contributed by atoms with E-state index in [1.807, 2.05) is 44.2 Å². The Bertz CT molecular complexity index is 951. The van der Waals surface area contributed by atoms with Gasteiger partial charge in [0, 0.05) is 0 Å². The summed E-state index contributed by atoms with van der Waals surface area (Å²) in [5.41, 5.74) is 2.02. The summed E-state index contributed by atoms with van der Waals surface area (Å²) in [6.45, 7) is 3.95. The monoisotopic (exact) mass is 360 g/mol. The molecule has 2 aromatic rings. The molecule has 2 aliphatic carbocycles. The first kappa shape index (κ1) is 17.3. The summed E-state index contributed by atoms with van der Waals surface area (Å²) in [5.74, 6) is 0.317. The van der Waals surface area contributed by atoms with E-state index in [1.54, 1.807) is 36.4 Å². The van der Waals surface area contributed by atoms with E-state index in [4.69, 9.17) is 9.47 Å².